The summed E-state index contributed by atoms with van der Waals surface area (Å²) in [7, 11) is 1.45. The molecule has 0 aliphatic heterocycles. The van der Waals surface area contributed by atoms with Gasteiger partial charge in [-0.1, -0.05) is 71.7 Å². The Morgan fingerprint density at radius 3 is 2.06 bits per heavy atom. The molecule has 0 bridgehead atoms. The zero-order valence-electron chi connectivity index (χ0n) is 29.1. The monoisotopic (exact) mass is 667 g/mol. The van der Waals surface area contributed by atoms with Crippen molar-refractivity contribution < 1.29 is 33.5 Å². The van der Waals surface area contributed by atoms with E-state index in [-0.39, 0.29) is 36.1 Å². The van der Waals surface area contributed by atoms with Crippen LogP contribution in [0, 0.1) is 40.9 Å². The van der Waals surface area contributed by atoms with Crippen molar-refractivity contribution in [2.24, 2.45) is 46.7 Å². The van der Waals surface area contributed by atoms with Gasteiger partial charge in [0.2, 0.25) is 11.7 Å². The highest BCUT2D eigenvalue weighted by atomic mass is 16.5. The standard InChI is InChI=1S/C36H53N5O7/c1-19(2)24-13-14-25(28(24)33(45)39-26(15-20-11-12-20)31(43)32(37)44)30(42)29(23-16-21-9-7-8-10-22(21)17-23)41-34(46)40-27(36(3,4)5)18-48-35(47)38-6/h7-10,19-20,23-29H,11-18H2,1-6H3,(H2,37,44)(H,38,47)(H,39,45)(H2,40,41,46)/t24-,25?,26?,27?,28?,29+/m1/s1. The summed E-state index contributed by atoms with van der Waals surface area (Å²) in [5, 5.41) is 11.1. The number of rotatable bonds is 14. The van der Waals surface area contributed by atoms with Crippen LogP contribution in [0.15, 0.2) is 24.3 Å². The van der Waals surface area contributed by atoms with Gasteiger partial charge in [0, 0.05) is 13.0 Å². The van der Waals surface area contributed by atoms with Crippen molar-refractivity contribution in [3.8, 4) is 0 Å². The summed E-state index contributed by atoms with van der Waals surface area (Å²) in [5.74, 6) is -4.06. The molecule has 264 valence electrons. The Hall–Kier alpha value is -3.96. The molecule has 12 nitrogen and oxygen atoms in total. The molecule has 0 aromatic heterocycles. The van der Waals surface area contributed by atoms with Crippen molar-refractivity contribution in [3.63, 3.8) is 0 Å². The second-order valence-electron chi connectivity index (χ2n) is 15.3. The van der Waals surface area contributed by atoms with Gasteiger partial charge in [0.1, 0.15) is 6.61 Å². The summed E-state index contributed by atoms with van der Waals surface area (Å²) in [6, 6.07) is 4.90. The molecule has 0 saturated heterocycles. The Morgan fingerprint density at radius 1 is 0.917 bits per heavy atom. The first kappa shape index (κ1) is 36.9. The Morgan fingerprint density at radius 2 is 1.54 bits per heavy atom. The highest BCUT2D eigenvalue weighted by molar-refractivity contribution is 6.37. The number of hydrogen-bond acceptors (Lipinski definition) is 7. The molecule has 3 aliphatic carbocycles. The summed E-state index contributed by atoms with van der Waals surface area (Å²) in [6.45, 7) is 9.69. The molecule has 48 heavy (non-hydrogen) atoms. The third-order valence-corrected chi connectivity index (χ3v) is 10.5. The fourth-order valence-electron chi connectivity index (χ4n) is 7.39. The largest absolute Gasteiger partial charge is 0.447 e. The second kappa shape index (κ2) is 15.5. The van der Waals surface area contributed by atoms with Crippen molar-refractivity contribution in [1.82, 2.24) is 21.3 Å². The number of amides is 5. The van der Waals surface area contributed by atoms with Crippen molar-refractivity contribution in [2.75, 3.05) is 13.7 Å². The Kier molecular flexibility index (Phi) is 11.9. The number of primary amides is 1. The van der Waals surface area contributed by atoms with Gasteiger partial charge in [-0.15, -0.1) is 0 Å². The lowest BCUT2D eigenvalue weighted by Gasteiger charge is -2.34. The number of hydrogen-bond donors (Lipinski definition) is 5. The predicted molar refractivity (Wildman–Crippen MR) is 179 cm³/mol. The molecule has 2 saturated carbocycles. The Balaban J connectivity index is 1.60. The average molecular weight is 668 g/mol. The van der Waals surface area contributed by atoms with Crippen LogP contribution in [0.3, 0.4) is 0 Å². The first-order valence-electron chi connectivity index (χ1n) is 17.3. The molecule has 4 unspecified atom stereocenters. The summed E-state index contributed by atoms with van der Waals surface area (Å²) >= 11 is 0. The molecule has 4 rings (SSSR count). The van der Waals surface area contributed by atoms with Gasteiger partial charge in [-0.2, -0.15) is 0 Å². The molecular formula is C36H53N5O7. The van der Waals surface area contributed by atoms with E-state index in [1.807, 2.05) is 58.9 Å². The second-order valence-corrected chi connectivity index (χ2v) is 15.3. The molecule has 0 spiro atoms. The number of carbonyl (C=O) groups is 6. The number of ketones is 2. The molecule has 2 fully saturated rings. The van der Waals surface area contributed by atoms with Crippen LogP contribution in [0.1, 0.15) is 77.8 Å². The number of nitrogens with two attached hydrogens (primary N) is 1. The van der Waals surface area contributed by atoms with Crippen LogP contribution in [0.4, 0.5) is 9.59 Å². The number of ether oxygens (including phenoxy) is 1. The van der Waals surface area contributed by atoms with Crippen LogP contribution >= 0.6 is 0 Å². The van der Waals surface area contributed by atoms with Crippen LogP contribution in [-0.2, 0) is 36.8 Å². The van der Waals surface area contributed by atoms with Gasteiger partial charge in [0.15, 0.2) is 5.78 Å². The fourth-order valence-corrected chi connectivity index (χ4v) is 7.39. The number of nitrogens with one attached hydrogen (secondary N) is 4. The van der Waals surface area contributed by atoms with Crippen molar-refractivity contribution >= 4 is 35.5 Å². The average Bonchev–Trinajstić information content (AvgIpc) is 3.55. The summed E-state index contributed by atoms with van der Waals surface area (Å²) < 4.78 is 5.27. The number of Topliss-reactive ketones (excluding diaryl/α,β-unsaturated/α-hetero) is 2. The van der Waals surface area contributed by atoms with Gasteiger partial charge in [0.05, 0.1) is 24.0 Å². The minimum atomic E-state index is -1.09. The molecule has 0 radical (unpaired) electrons. The normalized spacial score (nSPS) is 22.6. The van der Waals surface area contributed by atoms with Crippen LogP contribution < -0.4 is 27.0 Å². The van der Waals surface area contributed by atoms with Crippen molar-refractivity contribution in [2.45, 2.75) is 97.7 Å². The molecule has 5 amide bonds. The fraction of sp³-hybridized carbons (Fsp3) is 0.667. The maximum Gasteiger partial charge on any atom is 0.406 e. The highest BCUT2D eigenvalue weighted by Crippen LogP contribution is 2.44. The molecule has 3 aliphatic rings. The lowest BCUT2D eigenvalue weighted by molar-refractivity contribution is -0.140. The first-order valence-corrected chi connectivity index (χ1v) is 17.3. The molecule has 6 atom stereocenters. The molecule has 0 heterocycles. The number of alkyl carbamates (subject to hydrolysis) is 1. The van der Waals surface area contributed by atoms with Gasteiger partial charge in [-0.3, -0.25) is 19.2 Å². The summed E-state index contributed by atoms with van der Waals surface area (Å²) in [4.78, 5) is 78.8. The third-order valence-electron chi connectivity index (χ3n) is 10.5. The van der Waals surface area contributed by atoms with E-state index in [9.17, 15) is 28.8 Å². The molecule has 12 heteroatoms. The Labute approximate surface area is 283 Å². The van der Waals surface area contributed by atoms with E-state index in [2.05, 4.69) is 21.3 Å². The molecule has 1 aromatic rings. The maximum absolute atomic E-state index is 14.7. The van der Waals surface area contributed by atoms with Gasteiger partial charge in [-0.05, 0) is 72.3 Å². The number of benzene rings is 1. The van der Waals surface area contributed by atoms with E-state index in [0.29, 0.717) is 32.1 Å². The Bertz CT molecular complexity index is 1360. The quantitative estimate of drug-likeness (QED) is 0.189. The van der Waals surface area contributed by atoms with Gasteiger partial charge in [-0.25, -0.2) is 9.59 Å². The van der Waals surface area contributed by atoms with Crippen LogP contribution in [-0.4, -0.2) is 67.3 Å². The van der Waals surface area contributed by atoms with Crippen molar-refractivity contribution in [3.05, 3.63) is 35.4 Å². The summed E-state index contributed by atoms with van der Waals surface area (Å²) in [6.07, 6.45) is 3.83. The maximum atomic E-state index is 14.7. The highest BCUT2D eigenvalue weighted by Gasteiger charge is 2.50. The van der Waals surface area contributed by atoms with E-state index in [1.165, 1.54) is 7.05 Å². The van der Waals surface area contributed by atoms with E-state index in [1.54, 1.807) is 0 Å². The number of urea groups is 1. The minimum absolute atomic E-state index is 0.0724. The van der Waals surface area contributed by atoms with Crippen LogP contribution in [0.25, 0.3) is 0 Å². The number of carbonyl (C=O) groups excluding carboxylic acids is 6. The summed E-state index contributed by atoms with van der Waals surface area (Å²) in [5.41, 5.74) is 7.09. The SMILES string of the molecule is CNC(=O)OCC(NC(=O)N[C@H](C(=O)C1CC[C@H](C(C)C)C1C(=O)NC(CC1CC1)C(=O)C(N)=O)C1Cc2ccccc2C1)C(C)(C)C. The van der Waals surface area contributed by atoms with Gasteiger partial charge >= 0.3 is 12.1 Å². The predicted octanol–water partition coefficient (Wildman–Crippen LogP) is 3.05. The smallest absolute Gasteiger partial charge is 0.406 e. The molecule has 6 N–H and O–H groups in total. The minimum Gasteiger partial charge on any atom is -0.447 e. The van der Waals surface area contributed by atoms with Crippen LogP contribution in [0.2, 0.25) is 0 Å². The van der Waals surface area contributed by atoms with E-state index < -0.39 is 65.1 Å². The topological polar surface area (TPSA) is 186 Å². The van der Waals surface area contributed by atoms with E-state index in [0.717, 1.165) is 24.0 Å². The third kappa shape index (κ3) is 9.14. The molecular weight excluding hydrogens is 614 g/mol. The van der Waals surface area contributed by atoms with Crippen LogP contribution in [0.5, 0.6) is 0 Å². The lowest BCUT2D eigenvalue weighted by Crippen LogP contribution is -2.57. The molecule has 1 aromatic carbocycles. The van der Waals surface area contributed by atoms with Gasteiger partial charge < -0.3 is 31.7 Å². The van der Waals surface area contributed by atoms with Crippen molar-refractivity contribution in [1.29, 1.82) is 0 Å². The van der Waals surface area contributed by atoms with E-state index in [4.69, 9.17) is 10.5 Å². The zero-order valence-corrected chi connectivity index (χ0v) is 29.1. The number of fused-ring (bicyclic) bond motifs is 1. The van der Waals surface area contributed by atoms with E-state index >= 15 is 0 Å². The first-order chi connectivity index (χ1) is 22.6. The zero-order chi connectivity index (χ0) is 35.3. The lowest BCUT2D eigenvalue weighted by atomic mass is 9.77. The van der Waals surface area contributed by atoms with Gasteiger partial charge in [0.25, 0.3) is 5.91 Å².